The van der Waals surface area contributed by atoms with Crippen LogP contribution in [0.15, 0.2) is 22.6 Å². The first-order chi connectivity index (χ1) is 8.41. The highest BCUT2D eigenvalue weighted by Crippen LogP contribution is 2.37. The fraction of sp³-hybridized carbons (Fsp3) is 0.375. The first kappa shape index (κ1) is 13.2. The third-order valence-electron chi connectivity index (χ3n) is 3.58. The summed E-state index contributed by atoms with van der Waals surface area (Å²) in [4.78, 5) is 0. The number of hydrogen-bond acceptors (Lipinski definition) is 1. The van der Waals surface area contributed by atoms with Crippen LogP contribution in [-0.4, -0.2) is 0 Å². The molecule has 1 heterocycles. The Balaban J connectivity index is 2.54. The second-order valence-corrected chi connectivity index (χ2v) is 5.41. The fourth-order valence-electron chi connectivity index (χ4n) is 2.37. The third-order valence-corrected chi connectivity index (χ3v) is 4.03. The predicted molar refractivity (Wildman–Crippen MR) is 76.5 cm³/mol. The first-order valence-electron chi connectivity index (χ1n) is 6.19. The van der Waals surface area contributed by atoms with Crippen LogP contribution in [0.4, 0.5) is 0 Å². The number of halogens is 1. The quantitative estimate of drug-likeness (QED) is 0.682. The zero-order chi connectivity index (χ0) is 13.4. The van der Waals surface area contributed by atoms with Gasteiger partial charge >= 0.3 is 0 Å². The highest BCUT2D eigenvalue weighted by Gasteiger charge is 2.21. The zero-order valence-electron chi connectivity index (χ0n) is 11.6. The molecule has 0 aliphatic carbocycles. The van der Waals surface area contributed by atoms with E-state index in [2.05, 4.69) is 39.0 Å². The summed E-state index contributed by atoms with van der Waals surface area (Å²) in [6.07, 6.45) is 0. The summed E-state index contributed by atoms with van der Waals surface area (Å²) < 4.78 is 5.67. The summed E-state index contributed by atoms with van der Waals surface area (Å²) in [6.45, 7) is 10.2. The molecule has 0 radical (unpaired) electrons. The molecule has 2 aromatic rings. The summed E-state index contributed by atoms with van der Waals surface area (Å²) in [5, 5.41) is -0.137. The van der Waals surface area contributed by atoms with E-state index in [0.717, 1.165) is 22.6 Å². The lowest BCUT2D eigenvalue weighted by Gasteiger charge is -2.14. The average molecular weight is 263 g/mol. The SMILES string of the molecule is Cc1ccc(C)c(C(Cl)c2c(C)oc(C)c2C)c1. The van der Waals surface area contributed by atoms with E-state index >= 15 is 0 Å². The Morgan fingerprint density at radius 2 is 1.67 bits per heavy atom. The summed E-state index contributed by atoms with van der Waals surface area (Å²) >= 11 is 6.67. The maximum Gasteiger partial charge on any atom is 0.106 e. The Labute approximate surface area is 114 Å². The van der Waals surface area contributed by atoms with Crippen LogP contribution in [0.2, 0.25) is 0 Å². The third kappa shape index (κ3) is 2.20. The van der Waals surface area contributed by atoms with Gasteiger partial charge in [-0.1, -0.05) is 23.8 Å². The molecule has 0 aliphatic heterocycles. The standard InChI is InChI=1S/C16H19ClO/c1-9-6-7-10(2)14(8-9)16(17)15-11(3)12(4)18-13(15)5/h6-8,16H,1-5H3. The van der Waals surface area contributed by atoms with E-state index in [0.29, 0.717) is 0 Å². The van der Waals surface area contributed by atoms with Crippen LogP contribution < -0.4 is 0 Å². The van der Waals surface area contributed by atoms with Crippen LogP contribution in [0.25, 0.3) is 0 Å². The van der Waals surface area contributed by atoms with E-state index in [-0.39, 0.29) is 5.38 Å². The summed E-state index contributed by atoms with van der Waals surface area (Å²) in [5.41, 5.74) is 5.90. The van der Waals surface area contributed by atoms with Gasteiger partial charge in [-0.15, -0.1) is 11.6 Å². The largest absolute Gasteiger partial charge is 0.466 e. The Morgan fingerprint density at radius 1 is 1.00 bits per heavy atom. The Hall–Kier alpha value is -1.21. The monoisotopic (exact) mass is 262 g/mol. The molecule has 0 amide bonds. The van der Waals surface area contributed by atoms with Crippen molar-refractivity contribution in [3.63, 3.8) is 0 Å². The van der Waals surface area contributed by atoms with Crippen LogP contribution >= 0.6 is 11.6 Å². The number of rotatable bonds is 2. The van der Waals surface area contributed by atoms with Gasteiger partial charge in [-0.3, -0.25) is 0 Å². The van der Waals surface area contributed by atoms with Crippen molar-refractivity contribution in [2.75, 3.05) is 0 Å². The van der Waals surface area contributed by atoms with Crippen LogP contribution in [0.5, 0.6) is 0 Å². The second kappa shape index (κ2) is 4.81. The van der Waals surface area contributed by atoms with Crippen molar-refractivity contribution < 1.29 is 4.42 Å². The average Bonchev–Trinajstić information content (AvgIpc) is 2.56. The van der Waals surface area contributed by atoms with E-state index in [4.69, 9.17) is 16.0 Å². The van der Waals surface area contributed by atoms with E-state index in [1.165, 1.54) is 16.7 Å². The predicted octanol–water partition coefficient (Wildman–Crippen LogP) is 5.15. The highest BCUT2D eigenvalue weighted by atomic mass is 35.5. The molecule has 2 rings (SSSR count). The van der Waals surface area contributed by atoms with Crippen molar-refractivity contribution in [3.05, 3.63) is 57.5 Å². The first-order valence-corrected chi connectivity index (χ1v) is 6.63. The molecule has 0 fully saturated rings. The smallest absolute Gasteiger partial charge is 0.106 e. The molecule has 1 aromatic carbocycles. The zero-order valence-corrected chi connectivity index (χ0v) is 12.4. The molecule has 0 saturated heterocycles. The Kier molecular flexibility index (Phi) is 3.54. The van der Waals surface area contributed by atoms with Crippen LogP contribution in [0.3, 0.4) is 0 Å². The lowest BCUT2D eigenvalue weighted by Crippen LogP contribution is -1.99. The van der Waals surface area contributed by atoms with Gasteiger partial charge in [0, 0.05) is 5.56 Å². The minimum Gasteiger partial charge on any atom is -0.466 e. The number of hydrogen-bond donors (Lipinski definition) is 0. The van der Waals surface area contributed by atoms with Crippen molar-refractivity contribution in [1.29, 1.82) is 0 Å². The van der Waals surface area contributed by atoms with Gasteiger partial charge in [0.2, 0.25) is 0 Å². The van der Waals surface area contributed by atoms with Crippen LogP contribution in [-0.2, 0) is 0 Å². The van der Waals surface area contributed by atoms with Gasteiger partial charge in [0.15, 0.2) is 0 Å². The van der Waals surface area contributed by atoms with E-state index in [1.54, 1.807) is 0 Å². The van der Waals surface area contributed by atoms with Gasteiger partial charge in [0.05, 0.1) is 5.38 Å². The molecule has 0 aliphatic rings. The van der Waals surface area contributed by atoms with Gasteiger partial charge in [-0.2, -0.15) is 0 Å². The van der Waals surface area contributed by atoms with E-state index in [9.17, 15) is 0 Å². The lowest BCUT2D eigenvalue weighted by atomic mass is 9.96. The van der Waals surface area contributed by atoms with Gasteiger partial charge < -0.3 is 4.42 Å². The number of aryl methyl sites for hydroxylation is 4. The molecule has 18 heavy (non-hydrogen) atoms. The highest BCUT2D eigenvalue weighted by molar-refractivity contribution is 6.23. The molecule has 0 saturated carbocycles. The summed E-state index contributed by atoms with van der Waals surface area (Å²) in [7, 11) is 0. The number of furan rings is 1. The van der Waals surface area contributed by atoms with E-state index < -0.39 is 0 Å². The minimum absolute atomic E-state index is 0.137. The van der Waals surface area contributed by atoms with Crippen LogP contribution in [0, 0.1) is 34.6 Å². The molecule has 0 spiro atoms. The normalized spacial score (nSPS) is 12.8. The summed E-state index contributed by atoms with van der Waals surface area (Å²) in [6, 6.07) is 6.40. The molecule has 1 aromatic heterocycles. The Morgan fingerprint density at radius 3 is 2.22 bits per heavy atom. The van der Waals surface area contributed by atoms with Crippen molar-refractivity contribution in [2.24, 2.45) is 0 Å². The topological polar surface area (TPSA) is 13.1 Å². The van der Waals surface area contributed by atoms with Gasteiger partial charge in [0.1, 0.15) is 11.5 Å². The van der Waals surface area contributed by atoms with Gasteiger partial charge in [-0.25, -0.2) is 0 Å². The Bertz CT molecular complexity index is 581. The maximum atomic E-state index is 6.67. The molecule has 1 atom stereocenters. The van der Waals surface area contributed by atoms with Crippen molar-refractivity contribution in [3.8, 4) is 0 Å². The second-order valence-electron chi connectivity index (χ2n) is 4.98. The molecular weight excluding hydrogens is 244 g/mol. The number of alkyl halides is 1. The van der Waals surface area contributed by atoms with Crippen molar-refractivity contribution in [1.82, 2.24) is 0 Å². The van der Waals surface area contributed by atoms with Crippen molar-refractivity contribution in [2.45, 2.75) is 40.0 Å². The maximum absolute atomic E-state index is 6.67. The molecular formula is C16H19ClO. The molecule has 0 N–H and O–H groups in total. The molecule has 1 nitrogen and oxygen atoms in total. The van der Waals surface area contributed by atoms with Gasteiger partial charge in [0.25, 0.3) is 0 Å². The van der Waals surface area contributed by atoms with Crippen molar-refractivity contribution >= 4 is 11.6 Å². The molecule has 96 valence electrons. The fourth-order valence-corrected chi connectivity index (χ4v) is 2.92. The molecule has 0 bridgehead atoms. The van der Waals surface area contributed by atoms with Crippen LogP contribution in [0.1, 0.15) is 44.7 Å². The number of benzene rings is 1. The molecule has 1 unspecified atom stereocenters. The lowest BCUT2D eigenvalue weighted by molar-refractivity contribution is 0.500. The van der Waals surface area contributed by atoms with E-state index in [1.807, 2.05) is 13.8 Å². The van der Waals surface area contributed by atoms with Gasteiger partial charge in [-0.05, 0) is 51.3 Å². The summed E-state index contributed by atoms with van der Waals surface area (Å²) in [5.74, 6) is 1.88. The minimum atomic E-state index is -0.137. The molecule has 2 heteroatoms.